The first-order valence-corrected chi connectivity index (χ1v) is 8.65. The van der Waals surface area contributed by atoms with Gasteiger partial charge in [-0.2, -0.15) is 17.2 Å². The number of nitrogens with one attached hydrogen (secondary N) is 1. The molecule has 1 aromatic rings. The molecular formula is C8H9Cl2F2NO5S2. The lowest BCUT2D eigenvalue weighted by Gasteiger charge is -2.07. The van der Waals surface area contributed by atoms with Crippen molar-refractivity contribution in [2.24, 2.45) is 0 Å². The first-order valence-electron chi connectivity index (χ1n) is 4.50. The van der Waals surface area contributed by atoms with Gasteiger partial charge in [-0.1, -0.05) is 23.2 Å². The van der Waals surface area contributed by atoms with Gasteiger partial charge in [0.05, 0.1) is 22.0 Å². The summed E-state index contributed by atoms with van der Waals surface area (Å²) < 4.78 is 73.0. The molecule has 0 spiro atoms. The molecule has 12 heteroatoms. The van der Waals surface area contributed by atoms with Crippen LogP contribution in [-0.4, -0.2) is 33.4 Å². The predicted molar refractivity (Wildman–Crippen MR) is 72.5 cm³/mol. The van der Waals surface area contributed by atoms with Crippen LogP contribution in [0.5, 0.6) is 0 Å². The Hall–Kier alpha value is -0.680. The summed E-state index contributed by atoms with van der Waals surface area (Å²) in [6, 6.07) is 3.67. The van der Waals surface area contributed by atoms with Gasteiger partial charge in [-0.15, -0.1) is 0 Å². The number of anilines is 1. The summed E-state index contributed by atoms with van der Waals surface area (Å²) in [6.45, 7) is 0. The van der Waals surface area contributed by atoms with Crippen molar-refractivity contribution in [3.63, 3.8) is 0 Å². The predicted octanol–water partition coefficient (Wildman–Crippen LogP) is 2.46. The van der Waals surface area contributed by atoms with E-state index in [0.717, 1.165) is 6.07 Å². The molecule has 1 rings (SSSR count). The van der Waals surface area contributed by atoms with Gasteiger partial charge in [0.1, 0.15) is 0 Å². The third kappa shape index (κ3) is 8.48. The van der Waals surface area contributed by atoms with Crippen LogP contribution in [0.1, 0.15) is 0 Å². The topological polar surface area (TPSA) is 101 Å². The van der Waals surface area contributed by atoms with Crippen molar-refractivity contribution in [1.82, 2.24) is 0 Å². The summed E-state index contributed by atoms with van der Waals surface area (Å²) in [5, 5.41) is 0.280. The van der Waals surface area contributed by atoms with Crippen LogP contribution in [0, 0.1) is 0 Å². The number of hydrogen-bond donors (Lipinski definition) is 2. The first-order chi connectivity index (χ1) is 8.83. The minimum Gasteiger partial charge on any atom is -0.286 e. The summed E-state index contributed by atoms with van der Waals surface area (Å²) in [4.78, 5) is 0. The van der Waals surface area contributed by atoms with Gasteiger partial charge in [0.2, 0.25) is 0 Å². The van der Waals surface area contributed by atoms with E-state index >= 15 is 0 Å². The smallest absolute Gasteiger partial charge is 0.286 e. The Balaban J connectivity index is 0.000000621. The fourth-order valence-corrected chi connectivity index (χ4v) is 1.61. The molecule has 0 saturated heterocycles. The fraction of sp³-hybridized carbons (Fsp3) is 0.250. The van der Waals surface area contributed by atoms with E-state index in [2.05, 4.69) is 0 Å². The van der Waals surface area contributed by atoms with Gasteiger partial charge < -0.3 is 0 Å². The molecule has 2 N–H and O–H groups in total. The molecule has 0 aliphatic carbocycles. The zero-order chi connectivity index (χ0) is 16.1. The zero-order valence-electron chi connectivity index (χ0n) is 9.72. The second kappa shape index (κ2) is 7.36. The summed E-state index contributed by atoms with van der Waals surface area (Å²) in [5.74, 6) is -3.49. The molecule has 0 heterocycles. The highest BCUT2D eigenvalue weighted by Crippen LogP contribution is 2.26. The Morgan fingerprint density at radius 2 is 1.60 bits per heavy atom. The molecule has 116 valence electrons. The van der Waals surface area contributed by atoms with Crippen LogP contribution in [-0.2, 0) is 20.1 Å². The summed E-state index contributed by atoms with van der Waals surface area (Å²) in [6.07, 6.45) is 0.715. The highest BCUT2D eigenvalue weighted by molar-refractivity contribution is 7.93. The van der Waals surface area contributed by atoms with E-state index in [1.165, 1.54) is 12.1 Å². The molecule has 0 aliphatic rings. The fourth-order valence-electron chi connectivity index (χ4n) is 0.768. The summed E-state index contributed by atoms with van der Waals surface area (Å²) in [5.41, 5.74) is -0.0651. The monoisotopic (exact) mass is 371 g/mol. The van der Waals surface area contributed by atoms with Gasteiger partial charge in [-0.05, 0) is 18.2 Å². The van der Waals surface area contributed by atoms with Crippen LogP contribution in [0.15, 0.2) is 18.2 Å². The Morgan fingerprint density at radius 3 is 1.95 bits per heavy atom. The first kappa shape index (κ1) is 19.3. The lowest BCUT2D eigenvalue weighted by atomic mass is 10.3. The van der Waals surface area contributed by atoms with E-state index in [1.54, 1.807) is 4.72 Å². The number of benzene rings is 1. The molecule has 0 atom stereocenters. The van der Waals surface area contributed by atoms with Crippen molar-refractivity contribution in [1.29, 1.82) is 0 Å². The van der Waals surface area contributed by atoms with Crippen LogP contribution in [0.2, 0.25) is 10.0 Å². The molecule has 0 amide bonds. The van der Waals surface area contributed by atoms with E-state index in [1.807, 2.05) is 0 Å². The Labute approximate surface area is 124 Å². The van der Waals surface area contributed by atoms with Gasteiger partial charge >= 0.3 is 5.76 Å². The third-order valence-corrected chi connectivity index (χ3v) is 3.14. The maximum atomic E-state index is 12.0. The Morgan fingerprint density at radius 1 is 1.15 bits per heavy atom. The molecule has 0 aliphatic heterocycles. The summed E-state index contributed by atoms with van der Waals surface area (Å²) in [7, 11) is -8.33. The zero-order valence-corrected chi connectivity index (χ0v) is 12.9. The van der Waals surface area contributed by atoms with Gasteiger partial charge in [0.15, 0.2) is 0 Å². The summed E-state index contributed by atoms with van der Waals surface area (Å²) >= 11 is 11.1. The normalized spacial score (nSPS) is 11.8. The minimum atomic E-state index is -4.67. The molecule has 1 aromatic carbocycles. The second-order valence-electron chi connectivity index (χ2n) is 3.27. The van der Waals surface area contributed by atoms with Crippen LogP contribution < -0.4 is 4.72 Å². The van der Waals surface area contributed by atoms with Crippen molar-refractivity contribution in [2.45, 2.75) is 5.76 Å². The van der Waals surface area contributed by atoms with E-state index < -0.39 is 25.9 Å². The van der Waals surface area contributed by atoms with Crippen LogP contribution in [0.3, 0.4) is 0 Å². The van der Waals surface area contributed by atoms with Gasteiger partial charge in [-0.25, -0.2) is 8.42 Å². The van der Waals surface area contributed by atoms with Crippen molar-refractivity contribution in [2.75, 3.05) is 11.0 Å². The molecule has 20 heavy (non-hydrogen) atoms. The van der Waals surface area contributed by atoms with E-state index in [-0.39, 0.29) is 15.7 Å². The quantitative estimate of drug-likeness (QED) is 0.794. The standard InChI is InChI=1S/C7H5Cl2F2NO2S.CH4O3S/c8-5-2-1-4(3-6(5)9)12-15(13,14)7(10)11;1-5(2,3)4/h1-3,7,12H;1H3,(H,2,3,4). The molecule has 0 bridgehead atoms. The Kier molecular flexibility index (Phi) is 7.11. The number of hydrogen-bond acceptors (Lipinski definition) is 4. The van der Waals surface area contributed by atoms with Crippen LogP contribution in [0.4, 0.5) is 14.5 Å². The third-order valence-electron chi connectivity index (χ3n) is 1.41. The highest BCUT2D eigenvalue weighted by atomic mass is 35.5. The second-order valence-corrected chi connectivity index (χ2v) is 7.20. The molecule has 0 aromatic heterocycles. The lowest BCUT2D eigenvalue weighted by Crippen LogP contribution is -2.20. The van der Waals surface area contributed by atoms with Crippen molar-refractivity contribution >= 4 is 49.0 Å². The van der Waals surface area contributed by atoms with Crippen LogP contribution in [0.25, 0.3) is 0 Å². The Bertz CT molecular complexity index is 655. The van der Waals surface area contributed by atoms with Crippen LogP contribution >= 0.6 is 23.2 Å². The SMILES string of the molecule is CS(=O)(=O)O.O=S(=O)(Nc1ccc(Cl)c(Cl)c1)C(F)F. The molecule has 0 fully saturated rings. The number of halogens is 4. The van der Waals surface area contributed by atoms with Gasteiger partial charge in [-0.3, -0.25) is 9.27 Å². The van der Waals surface area contributed by atoms with Crippen molar-refractivity contribution in [3.8, 4) is 0 Å². The molecular weight excluding hydrogens is 363 g/mol. The molecule has 0 radical (unpaired) electrons. The number of sulfonamides is 1. The van der Waals surface area contributed by atoms with E-state index in [4.69, 9.17) is 27.8 Å². The molecule has 0 unspecified atom stereocenters. The lowest BCUT2D eigenvalue weighted by molar-refractivity contribution is 0.236. The molecule has 0 saturated carbocycles. The number of alkyl halides is 2. The average molecular weight is 372 g/mol. The van der Waals surface area contributed by atoms with Crippen molar-refractivity contribution in [3.05, 3.63) is 28.2 Å². The number of rotatable bonds is 3. The largest absolute Gasteiger partial charge is 0.355 e. The maximum absolute atomic E-state index is 12.0. The van der Waals surface area contributed by atoms with Gasteiger partial charge in [0, 0.05) is 0 Å². The average Bonchev–Trinajstić information content (AvgIpc) is 2.20. The minimum absolute atomic E-state index is 0.0651. The van der Waals surface area contributed by atoms with E-state index in [9.17, 15) is 25.6 Å². The highest BCUT2D eigenvalue weighted by Gasteiger charge is 2.23. The van der Waals surface area contributed by atoms with Crippen molar-refractivity contribution < 1.29 is 30.2 Å². The van der Waals surface area contributed by atoms with Gasteiger partial charge in [0.25, 0.3) is 20.1 Å². The maximum Gasteiger partial charge on any atom is 0.355 e. The van der Waals surface area contributed by atoms with E-state index in [0.29, 0.717) is 6.26 Å². The molecule has 6 nitrogen and oxygen atoms in total.